The van der Waals surface area contributed by atoms with Gasteiger partial charge in [-0.2, -0.15) is 5.26 Å². The highest BCUT2D eigenvalue weighted by atomic mass is 35.5. The Bertz CT molecular complexity index is 876. The fourth-order valence-corrected chi connectivity index (χ4v) is 3.77. The molecule has 0 radical (unpaired) electrons. The average molecular weight is 353 g/mol. The van der Waals surface area contributed by atoms with E-state index in [2.05, 4.69) is 17.2 Å². The molecule has 2 aliphatic heterocycles. The first-order chi connectivity index (χ1) is 12.2. The van der Waals surface area contributed by atoms with Crippen molar-refractivity contribution in [3.05, 3.63) is 47.1 Å². The predicted molar refractivity (Wildman–Crippen MR) is 96.0 cm³/mol. The number of amides is 1. The van der Waals surface area contributed by atoms with Gasteiger partial charge < -0.3 is 4.90 Å². The standard InChI is InChI=1S/C19H17ClN4O/c20-17-3-1-2-13(9-17)16-8-14-5-7-24(18(14)22-10-16)19(25)15-4-6-23(11-15)12-21/h1-3,8-10,15H,4-7,11H2. The summed E-state index contributed by atoms with van der Waals surface area (Å²) in [6, 6.07) is 9.78. The number of pyridine rings is 1. The van der Waals surface area contributed by atoms with Gasteiger partial charge in [-0.15, -0.1) is 0 Å². The Morgan fingerprint density at radius 2 is 2.16 bits per heavy atom. The van der Waals surface area contributed by atoms with E-state index in [9.17, 15) is 4.79 Å². The summed E-state index contributed by atoms with van der Waals surface area (Å²) >= 11 is 6.07. The number of fused-ring (bicyclic) bond motifs is 1. The average Bonchev–Trinajstić information content (AvgIpc) is 3.27. The third kappa shape index (κ3) is 2.94. The Morgan fingerprint density at radius 1 is 1.28 bits per heavy atom. The first-order valence-electron chi connectivity index (χ1n) is 8.36. The van der Waals surface area contributed by atoms with Gasteiger partial charge in [-0.1, -0.05) is 23.7 Å². The van der Waals surface area contributed by atoms with Gasteiger partial charge in [0.05, 0.1) is 5.92 Å². The number of hydrogen-bond acceptors (Lipinski definition) is 4. The zero-order valence-corrected chi connectivity index (χ0v) is 14.4. The lowest BCUT2D eigenvalue weighted by Gasteiger charge is -2.20. The largest absolute Gasteiger partial charge is 0.310 e. The topological polar surface area (TPSA) is 60.2 Å². The molecule has 25 heavy (non-hydrogen) atoms. The molecule has 3 heterocycles. The van der Waals surface area contributed by atoms with E-state index in [4.69, 9.17) is 16.9 Å². The van der Waals surface area contributed by atoms with E-state index >= 15 is 0 Å². The van der Waals surface area contributed by atoms with Crippen molar-refractivity contribution in [1.29, 1.82) is 5.26 Å². The van der Waals surface area contributed by atoms with Crippen molar-refractivity contribution in [2.24, 2.45) is 5.92 Å². The quantitative estimate of drug-likeness (QED) is 0.779. The van der Waals surface area contributed by atoms with Gasteiger partial charge in [-0.05, 0) is 42.2 Å². The van der Waals surface area contributed by atoms with Crippen LogP contribution in [-0.4, -0.2) is 35.4 Å². The number of anilines is 1. The first-order valence-corrected chi connectivity index (χ1v) is 8.74. The van der Waals surface area contributed by atoms with Crippen molar-refractivity contribution in [1.82, 2.24) is 9.88 Å². The molecule has 1 atom stereocenters. The Hall–Kier alpha value is -2.58. The number of likely N-dealkylation sites (tertiary alicyclic amines) is 1. The van der Waals surface area contributed by atoms with Crippen LogP contribution in [0.25, 0.3) is 11.1 Å². The fourth-order valence-electron chi connectivity index (χ4n) is 3.58. The molecule has 1 fully saturated rings. The predicted octanol–water partition coefficient (Wildman–Crippen LogP) is 3.09. The molecular weight excluding hydrogens is 336 g/mol. The SMILES string of the molecule is N#CN1CCC(C(=O)N2CCc3cc(-c4cccc(Cl)c4)cnc32)C1. The summed E-state index contributed by atoms with van der Waals surface area (Å²) in [4.78, 5) is 20.8. The third-order valence-electron chi connectivity index (χ3n) is 4.91. The number of carbonyl (C=O) groups excluding carboxylic acids is 1. The summed E-state index contributed by atoms with van der Waals surface area (Å²) in [6.07, 6.45) is 5.46. The number of hydrogen-bond donors (Lipinski definition) is 0. The minimum absolute atomic E-state index is 0.0829. The molecule has 1 unspecified atom stereocenters. The van der Waals surface area contributed by atoms with Crippen LogP contribution in [0.15, 0.2) is 36.5 Å². The van der Waals surface area contributed by atoms with Crippen molar-refractivity contribution in [3.8, 4) is 17.3 Å². The molecule has 126 valence electrons. The number of halogens is 1. The van der Waals surface area contributed by atoms with Gasteiger partial charge in [0.15, 0.2) is 6.19 Å². The maximum atomic E-state index is 12.8. The first kappa shape index (κ1) is 15.9. The van der Waals surface area contributed by atoms with Gasteiger partial charge in [0.2, 0.25) is 5.91 Å². The second kappa shape index (κ2) is 6.38. The molecule has 1 aromatic heterocycles. The van der Waals surface area contributed by atoms with Gasteiger partial charge in [0.25, 0.3) is 0 Å². The number of nitrogens with zero attached hydrogens (tertiary/aromatic N) is 4. The van der Waals surface area contributed by atoms with Crippen molar-refractivity contribution in [2.75, 3.05) is 24.5 Å². The van der Waals surface area contributed by atoms with Crippen molar-refractivity contribution < 1.29 is 4.79 Å². The molecule has 4 rings (SSSR count). The molecule has 0 spiro atoms. The summed E-state index contributed by atoms with van der Waals surface area (Å²) in [6.45, 7) is 1.83. The zero-order chi connectivity index (χ0) is 17.4. The molecule has 6 heteroatoms. The number of benzene rings is 1. The maximum Gasteiger partial charge on any atom is 0.233 e. The van der Waals surface area contributed by atoms with Crippen LogP contribution in [0.1, 0.15) is 12.0 Å². The second-order valence-electron chi connectivity index (χ2n) is 6.49. The zero-order valence-electron chi connectivity index (χ0n) is 13.7. The number of rotatable bonds is 2. The summed E-state index contributed by atoms with van der Waals surface area (Å²) < 4.78 is 0. The van der Waals surface area contributed by atoms with E-state index in [-0.39, 0.29) is 11.8 Å². The lowest BCUT2D eigenvalue weighted by Crippen LogP contribution is -2.36. The molecule has 0 bridgehead atoms. The van der Waals surface area contributed by atoms with Gasteiger partial charge in [0.1, 0.15) is 5.82 Å². The highest BCUT2D eigenvalue weighted by Crippen LogP contribution is 2.32. The Kier molecular flexibility index (Phi) is 4.06. The van der Waals surface area contributed by atoms with Crippen molar-refractivity contribution in [3.63, 3.8) is 0 Å². The van der Waals surface area contributed by atoms with Crippen LogP contribution < -0.4 is 4.90 Å². The van der Waals surface area contributed by atoms with E-state index in [0.717, 1.165) is 35.3 Å². The molecule has 2 aromatic rings. The van der Waals surface area contributed by atoms with Crippen LogP contribution in [0.5, 0.6) is 0 Å². The number of nitriles is 1. The summed E-state index contributed by atoms with van der Waals surface area (Å²) in [5, 5.41) is 9.67. The summed E-state index contributed by atoms with van der Waals surface area (Å²) in [7, 11) is 0. The molecule has 1 aromatic carbocycles. The van der Waals surface area contributed by atoms with Crippen LogP contribution >= 0.6 is 11.6 Å². The van der Waals surface area contributed by atoms with Gasteiger partial charge in [0, 0.05) is 36.4 Å². The molecule has 1 saturated heterocycles. The fraction of sp³-hybridized carbons (Fsp3) is 0.316. The van der Waals surface area contributed by atoms with Gasteiger partial charge in [-0.25, -0.2) is 4.98 Å². The highest BCUT2D eigenvalue weighted by Gasteiger charge is 2.35. The lowest BCUT2D eigenvalue weighted by molar-refractivity contribution is -0.121. The smallest absolute Gasteiger partial charge is 0.233 e. The molecule has 0 N–H and O–H groups in total. The van der Waals surface area contributed by atoms with Crippen LogP contribution in [0.3, 0.4) is 0 Å². The van der Waals surface area contributed by atoms with E-state index < -0.39 is 0 Å². The van der Waals surface area contributed by atoms with E-state index in [1.807, 2.05) is 24.3 Å². The minimum Gasteiger partial charge on any atom is -0.310 e. The van der Waals surface area contributed by atoms with Crippen LogP contribution in [-0.2, 0) is 11.2 Å². The number of carbonyl (C=O) groups is 1. The van der Waals surface area contributed by atoms with Gasteiger partial charge in [-0.3, -0.25) is 9.69 Å². The summed E-state index contributed by atoms with van der Waals surface area (Å²) in [5.74, 6) is 0.727. The lowest BCUT2D eigenvalue weighted by atomic mass is 10.1. The Morgan fingerprint density at radius 3 is 2.92 bits per heavy atom. The van der Waals surface area contributed by atoms with Crippen LogP contribution in [0, 0.1) is 17.4 Å². The summed E-state index contributed by atoms with van der Waals surface area (Å²) in [5.41, 5.74) is 3.11. The normalized spacial score (nSPS) is 19.0. The Labute approximate surface area is 151 Å². The van der Waals surface area contributed by atoms with Gasteiger partial charge >= 0.3 is 0 Å². The van der Waals surface area contributed by atoms with E-state index in [1.54, 1.807) is 16.0 Å². The molecular formula is C19H17ClN4O. The third-order valence-corrected chi connectivity index (χ3v) is 5.14. The molecule has 2 aliphatic rings. The molecule has 1 amide bonds. The molecule has 0 aliphatic carbocycles. The molecule has 0 saturated carbocycles. The maximum absolute atomic E-state index is 12.8. The highest BCUT2D eigenvalue weighted by molar-refractivity contribution is 6.30. The Balaban J connectivity index is 1.57. The van der Waals surface area contributed by atoms with Crippen LogP contribution in [0.4, 0.5) is 5.82 Å². The molecule has 5 nitrogen and oxygen atoms in total. The van der Waals surface area contributed by atoms with Crippen LogP contribution in [0.2, 0.25) is 5.02 Å². The van der Waals surface area contributed by atoms with Crippen molar-refractivity contribution in [2.45, 2.75) is 12.8 Å². The minimum atomic E-state index is -0.111. The van der Waals surface area contributed by atoms with E-state index in [0.29, 0.717) is 24.7 Å². The monoisotopic (exact) mass is 352 g/mol. The number of aromatic nitrogens is 1. The van der Waals surface area contributed by atoms with Crippen molar-refractivity contribution >= 4 is 23.3 Å². The second-order valence-corrected chi connectivity index (χ2v) is 6.92. The van der Waals surface area contributed by atoms with E-state index in [1.165, 1.54) is 0 Å².